The predicted octanol–water partition coefficient (Wildman–Crippen LogP) is 3.73. The summed E-state index contributed by atoms with van der Waals surface area (Å²) in [7, 11) is -2.35. The fourth-order valence-electron chi connectivity index (χ4n) is 4.42. The van der Waals surface area contributed by atoms with Crippen molar-refractivity contribution < 1.29 is 17.9 Å². The quantitative estimate of drug-likeness (QED) is 0.704. The summed E-state index contributed by atoms with van der Waals surface area (Å²) >= 11 is 0. The molecule has 2 fully saturated rings. The third kappa shape index (κ3) is 4.09. The molecular weight excluding hydrogens is 400 g/mol. The van der Waals surface area contributed by atoms with E-state index in [4.69, 9.17) is 4.74 Å². The first-order valence-corrected chi connectivity index (χ1v) is 12.0. The average Bonchev–Trinajstić information content (AvgIpc) is 3.23. The smallest absolute Gasteiger partial charge is 0.252 e. The molecule has 2 N–H and O–H groups in total. The normalized spacial score (nSPS) is 18.6. The fraction of sp³-hybridized carbons (Fsp3) is 0.435. The summed E-state index contributed by atoms with van der Waals surface area (Å²) < 4.78 is 34.0. The molecule has 0 radical (unpaired) electrons. The fourth-order valence-corrected chi connectivity index (χ4v) is 5.92. The Morgan fingerprint density at radius 2 is 1.73 bits per heavy atom. The highest BCUT2D eigenvalue weighted by atomic mass is 32.2. The van der Waals surface area contributed by atoms with Crippen LogP contribution in [0.25, 0.3) is 0 Å². The van der Waals surface area contributed by atoms with E-state index in [0.717, 1.165) is 50.5 Å². The van der Waals surface area contributed by atoms with E-state index in [1.165, 1.54) is 13.2 Å². The molecule has 2 aromatic rings. The number of hydrogen-bond acceptors (Lipinski definition) is 4. The second kappa shape index (κ2) is 8.40. The first kappa shape index (κ1) is 20.9. The minimum atomic E-state index is -3.78. The zero-order valence-corrected chi connectivity index (χ0v) is 18.0. The van der Waals surface area contributed by atoms with Crippen LogP contribution in [0.2, 0.25) is 0 Å². The molecule has 0 bridgehead atoms. The third-order valence-corrected chi connectivity index (χ3v) is 7.82. The van der Waals surface area contributed by atoms with Gasteiger partial charge in [-0.05, 0) is 55.9 Å². The van der Waals surface area contributed by atoms with Crippen molar-refractivity contribution in [3.8, 4) is 5.75 Å². The van der Waals surface area contributed by atoms with Gasteiger partial charge in [0.1, 0.15) is 10.6 Å². The molecule has 4 rings (SSSR count). The number of sulfonamides is 1. The van der Waals surface area contributed by atoms with E-state index in [-0.39, 0.29) is 28.1 Å². The summed E-state index contributed by atoms with van der Waals surface area (Å²) in [5.74, 6) is -0.0445. The number of carbonyl (C=O) groups excluding carboxylic acids is 1. The minimum Gasteiger partial charge on any atom is -0.495 e. The monoisotopic (exact) mass is 428 g/mol. The van der Waals surface area contributed by atoms with Gasteiger partial charge in [0, 0.05) is 11.6 Å². The summed E-state index contributed by atoms with van der Waals surface area (Å²) in [4.78, 5) is 13.1. The molecule has 7 heteroatoms. The lowest BCUT2D eigenvalue weighted by molar-refractivity contribution is 0.0823. The molecule has 0 spiro atoms. The average molecular weight is 429 g/mol. The lowest BCUT2D eigenvalue weighted by Crippen LogP contribution is -2.50. The molecule has 160 valence electrons. The predicted molar refractivity (Wildman–Crippen MR) is 115 cm³/mol. The van der Waals surface area contributed by atoms with Gasteiger partial charge in [0.15, 0.2) is 0 Å². The third-order valence-electron chi connectivity index (χ3n) is 6.28. The van der Waals surface area contributed by atoms with Gasteiger partial charge in [0.05, 0.1) is 12.6 Å². The van der Waals surface area contributed by atoms with Gasteiger partial charge < -0.3 is 10.1 Å². The van der Waals surface area contributed by atoms with Crippen LogP contribution in [0.15, 0.2) is 53.4 Å². The van der Waals surface area contributed by atoms with Crippen LogP contribution in [-0.2, 0) is 15.6 Å². The highest BCUT2D eigenvalue weighted by molar-refractivity contribution is 7.89. The number of benzene rings is 2. The lowest BCUT2D eigenvalue weighted by Gasteiger charge is -2.43. The van der Waals surface area contributed by atoms with Crippen LogP contribution in [0.1, 0.15) is 60.9 Å². The van der Waals surface area contributed by atoms with Crippen LogP contribution in [0, 0.1) is 0 Å². The van der Waals surface area contributed by atoms with Gasteiger partial charge in [-0.2, -0.15) is 0 Å². The van der Waals surface area contributed by atoms with Gasteiger partial charge in [-0.25, -0.2) is 13.1 Å². The van der Waals surface area contributed by atoms with Gasteiger partial charge in [-0.3, -0.25) is 4.79 Å². The van der Waals surface area contributed by atoms with Gasteiger partial charge >= 0.3 is 0 Å². The lowest BCUT2D eigenvalue weighted by atomic mass is 9.71. The maximum atomic E-state index is 13.1. The Kier molecular flexibility index (Phi) is 5.84. The van der Waals surface area contributed by atoms with E-state index in [1.54, 1.807) is 12.1 Å². The number of nitrogens with one attached hydrogen (secondary N) is 2. The molecule has 1 amide bonds. The number of carbonyl (C=O) groups is 1. The molecule has 0 unspecified atom stereocenters. The molecule has 0 aromatic heterocycles. The molecule has 6 nitrogen and oxygen atoms in total. The van der Waals surface area contributed by atoms with Crippen LogP contribution in [0.5, 0.6) is 5.75 Å². The first-order chi connectivity index (χ1) is 14.4. The number of methoxy groups -OCH3 is 1. The summed E-state index contributed by atoms with van der Waals surface area (Å²) in [5.41, 5.74) is 0.998. The maximum absolute atomic E-state index is 13.1. The van der Waals surface area contributed by atoms with Crippen molar-refractivity contribution in [2.24, 2.45) is 0 Å². The Hall–Kier alpha value is -2.38. The zero-order chi connectivity index (χ0) is 21.2. The van der Waals surface area contributed by atoms with Crippen molar-refractivity contribution in [1.29, 1.82) is 0 Å². The van der Waals surface area contributed by atoms with Gasteiger partial charge in [0.25, 0.3) is 5.91 Å². The Balaban J connectivity index is 1.60. The molecule has 2 saturated carbocycles. The highest BCUT2D eigenvalue weighted by Gasteiger charge is 2.40. The second-order valence-electron chi connectivity index (χ2n) is 8.22. The molecule has 0 aliphatic heterocycles. The van der Waals surface area contributed by atoms with Gasteiger partial charge in [-0.1, -0.05) is 43.2 Å². The summed E-state index contributed by atoms with van der Waals surface area (Å²) in [5, 5.41) is 3.16. The zero-order valence-electron chi connectivity index (χ0n) is 17.2. The van der Waals surface area contributed by atoms with Crippen molar-refractivity contribution in [3.63, 3.8) is 0 Å². The van der Waals surface area contributed by atoms with Gasteiger partial charge in [-0.15, -0.1) is 0 Å². The van der Waals surface area contributed by atoms with E-state index >= 15 is 0 Å². The highest BCUT2D eigenvalue weighted by Crippen LogP contribution is 2.41. The molecule has 2 aromatic carbocycles. The molecular formula is C23H28N2O4S. The van der Waals surface area contributed by atoms with Crippen molar-refractivity contribution in [1.82, 2.24) is 10.0 Å². The SMILES string of the molecule is COc1ccc(C(=O)NC2(c3ccccc3)CCC2)cc1S(=O)(=O)NC1CCCC1. The minimum absolute atomic E-state index is 0.00641. The molecule has 2 aliphatic carbocycles. The van der Waals surface area contributed by atoms with Crippen molar-refractivity contribution in [2.75, 3.05) is 7.11 Å². The molecule has 0 saturated heterocycles. The topological polar surface area (TPSA) is 84.5 Å². The molecule has 2 aliphatic rings. The van der Waals surface area contributed by atoms with E-state index in [1.807, 2.05) is 30.3 Å². The Bertz CT molecular complexity index is 1010. The summed E-state index contributed by atoms with van der Waals surface area (Å²) in [6.07, 6.45) is 6.49. The van der Waals surface area contributed by atoms with Crippen molar-refractivity contribution in [2.45, 2.75) is 61.4 Å². The number of ether oxygens (including phenoxy) is 1. The Morgan fingerprint density at radius 3 is 2.33 bits per heavy atom. The molecule has 0 heterocycles. The van der Waals surface area contributed by atoms with Gasteiger partial charge in [0.2, 0.25) is 10.0 Å². The van der Waals surface area contributed by atoms with E-state index in [2.05, 4.69) is 10.0 Å². The van der Waals surface area contributed by atoms with Crippen LogP contribution >= 0.6 is 0 Å². The van der Waals surface area contributed by atoms with E-state index in [0.29, 0.717) is 5.56 Å². The number of amides is 1. The van der Waals surface area contributed by atoms with Crippen LogP contribution in [-0.4, -0.2) is 27.5 Å². The van der Waals surface area contributed by atoms with Crippen molar-refractivity contribution >= 4 is 15.9 Å². The van der Waals surface area contributed by atoms with E-state index < -0.39 is 10.0 Å². The number of rotatable bonds is 7. The summed E-state index contributed by atoms with van der Waals surface area (Å²) in [6, 6.07) is 14.5. The standard InChI is InChI=1S/C23H28N2O4S/c1-29-20-13-12-17(16-21(20)30(27,28)25-19-10-5-6-11-19)22(26)24-23(14-7-15-23)18-8-3-2-4-9-18/h2-4,8-9,12-13,16,19,25H,5-7,10-11,14-15H2,1H3,(H,24,26). The Morgan fingerprint density at radius 1 is 1.03 bits per heavy atom. The first-order valence-electron chi connectivity index (χ1n) is 10.5. The second-order valence-corrected chi connectivity index (χ2v) is 9.91. The van der Waals surface area contributed by atoms with Crippen LogP contribution < -0.4 is 14.8 Å². The summed E-state index contributed by atoms with van der Waals surface area (Å²) in [6.45, 7) is 0. The maximum Gasteiger partial charge on any atom is 0.252 e. The largest absolute Gasteiger partial charge is 0.495 e. The number of hydrogen-bond donors (Lipinski definition) is 2. The molecule has 30 heavy (non-hydrogen) atoms. The van der Waals surface area contributed by atoms with Crippen LogP contribution in [0.3, 0.4) is 0 Å². The molecule has 0 atom stereocenters. The van der Waals surface area contributed by atoms with E-state index in [9.17, 15) is 13.2 Å². The Labute approximate surface area is 178 Å². The van der Waals surface area contributed by atoms with Crippen LogP contribution in [0.4, 0.5) is 0 Å². The van der Waals surface area contributed by atoms with Crippen molar-refractivity contribution in [3.05, 3.63) is 59.7 Å².